The van der Waals surface area contributed by atoms with Gasteiger partial charge in [0.15, 0.2) is 0 Å². The fourth-order valence-corrected chi connectivity index (χ4v) is 3.70. The van der Waals surface area contributed by atoms with E-state index in [1.165, 1.54) is 6.07 Å². The summed E-state index contributed by atoms with van der Waals surface area (Å²) < 4.78 is 5.57. The highest BCUT2D eigenvalue weighted by Gasteiger charge is 2.23. The van der Waals surface area contributed by atoms with Crippen LogP contribution in [0.1, 0.15) is 12.5 Å². The summed E-state index contributed by atoms with van der Waals surface area (Å²) >= 11 is 0. The summed E-state index contributed by atoms with van der Waals surface area (Å²) in [5.41, 5.74) is 3.93. The average Bonchev–Trinajstić information content (AvgIpc) is 2.82. The number of likely N-dealkylation sites (N-methyl/N-ethyl adjacent to an activating group) is 2. The van der Waals surface area contributed by atoms with Gasteiger partial charge >= 0.3 is 0 Å². The standard InChI is InChI=1S/C25H33N7O3/c1-17(26)19-8-6-7-9-20(19)28-18-10-11-27-25(14-18)29-21-15-23(32(33)34)22(16-24(21)35-5)31(4)13-12-30(2)3/h6-11,14-16,25-29H,12-13H2,1-5H3. The molecule has 0 amide bonds. The van der Waals surface area contributed by atoms with E-state index in [1.54, 1.807) is 26.3 Å². The maximum Gasteiger partial charge on any atom is 0.294 e. The molecule has 0 aliphatic carbocycles. The van der Waals surface area contributed by atoms with Crippen molar-refractivity contribution >= 4 is 28.5 Å². The SMILES string of the molecule is COc1cc(N(C)CCN(C)C)c([N+](=O)[O-])cc1NC1C=C(Nc2ccccc2C(C)=N)C=CN1. The molecule has 1 heterocycles. The Bertz CT molecular complexity index is 1140. The zero-order chi connectivity index (χ0) is 25.5. The molecule has 186 valence electrons. The van der Waals surface area contributed by atoms with E-state index < -0.39 is 0 Å². The van der Waals surface area contributed by atoms with Crippen LogP contribution in [0.15, 0.2) is 60.4 Å². The van der Waals surface area contributed by atoms with Crippen LogP contribution in [0.4, 0.5) is 22.7 Å². The number of nitrogens with one attached hydrogen (secondary N) is 4. The van der Waals surface area contributed by atoms with Gasteiger partial charge in [0.2, 0.25) is 0 Å². The monoisotopic (exact) mass is 479 g/mol. The molecule has 2 aromatic carbocycles. The molecule has 0 spiro atoms. The Balaban J connectivity index is 1.85. The largest absolute Gasteiger partial charge is 0.495 e. The number of benzene rings is 2. The minimum absolute atomic E-state index is 0.00128. The van der Waals surface area contributed by atoms with Crippen molar-refractivity contribution in [3.05, 3.63) is 76.1 Å². The molecule has 4 N–H and O–H groups in total. The van der Waals surface area contributed by atoms with Crippen molar-refractivity contribution < 1.29 is 9.66 Å². The summed E-state index contributed by atoms with van der Waals surface area (Å²) in [7, 11) is 7.30. The van der Waals surface area contributed by atoms with Crippen LogP contribution in [-0.2, 0) is 0 Å². The van der Waals surface area contributed by atoms with Gasteiger partial charge in [-0.1, -0.05) is 18.2 Å². The van der Waals surface area contributed by atoms with Crippen LogP contribution in [0.2, 0.25) is 0 Å². The lowest BCUT2D eigenvalue weighted by Gasteiger charge is -2.25. The molecule has 0 aromatic heterocycles. The summed E-state index contributed by atoms with van der Waals surface area (Å²) in [4.78, 5) is 15.4. The molecule has 0 bridgehead atoms. The molecule has 1 aliphatic heterocycles. The molecule has 0 radical (unpaired) electrons. The number of nitrogens with zero attached hydrogens (tertiary/aromatic N) is 3. The lowest BCUT2D eigenvalue weighted by molar-refractivity contribution is -0.384. The quantitative estimate of drug-likeness (QED) is 0.218. The van der Waals surface area contributed by atoms with Crippen molar-refractivity contribution in [1.29, 1.82) is 5.41 Å². The molecule has 0 fully saturated rings. The number of ether oxygens (including phenoxy) is 1. The van der Waals surface area contributed by atoms with Gasteiger partial charge in [0, 0.05) is 61.1 Å². The van der Waals surface area contributed by atoms with Crippen LogP contribution in [0.3, 0.4) is 0 Å². The highest BCUT2D eigenvalue weighted by Crippen LogP contribution is 2.38. The van der Waals surface area contributed by atoms with Crippen molar-refractivity contribution in [2.45, 2.75) is 13.1 Å². The maximum atomic E-state index is 11.9. The Labute approximate surface area is 205 Å². The van der Waals surface area contributed by atoms with E-state index in [9.17, 15) is 10.1 Å². The van der Waals surface area contributed by atoms with Gasteiger partial charge in [-0.3, -0.25) is 10.1 Å². The van der Waals surface area contributed by atoms with Gasteiger partial charge in [0.25, 0.3) is 5.69 Å². The molecule has 1 atom stereocenters. The van der Waals surface area contributed by atoms with E-state index in [0.717, 1.165) is 23.5 Å². The van der Waals surface area contributed by atoms with Crippen LogP contribution in [0, 0.1) is 15.5 Å². The highest BCUT2D eigenvalue weighted by molar-refractivity contribution is 6.01. The molecular formula is C25H33N7O3. The first-order valence-corrected chi connectivity index (χ1v) is 11.2. The first-order chi connectivity index (χ1) is 16.7. The number of nitro groups is 1. The van der Waals surface area contributed by atoms with Crippen molar-refractivity contribution in [2.75, 3.05) is 56.9 Å². The van der Waals surface area contributed by atoms with Gasteiger partial charge in [-0.2, -0.15) is 0 Å². The summed E-state index contributed by atoms with van der Waals surface area (Å²) in [5, 5.41) is 29.7. The number of anilines is 3. The fourth-order valence-electron chi connectivity index (χ4n) is 3.70. The van der Waals surface area contributed by atoms with E-state index in [-0.39, 0.29) is 16.8 Å². The second-order valence-electron chi connectivity index (χ2n) is 8.56. The second kappa shape index (κ2) is 11.4. The molecule has 1 unspecified atom stereocenters. The zero-order valence-electron chi connectivity index (χ0n) is 20.8. The molecular weight excluding hydrogens is 446 g/mol. The molecule has 0 saturated heterocycles. The molecule has 10 heteroatoms. The Morgan fingerprint density at radius 3 is 2.60 bits per heavy atom. The summed E-state index contributed by atoms with van der Waals surface area (Å²) in [6.45, 7) is 3.14. The predicted octanol–water partition coefficient (Wildman–Crippen LogP) is 3.84. The van der Waals surface area contributed by atoms with Crippen LogP contribution in [-0.4, -0.2) is 63.0 Å². The van der Waals surface area contributed by atoms with Crippen molar-refractivity contribution in [3.8, 4) is 5.75 Å². The Morgan fingerprint density at radius 1 is 1.20 bits per heavy atom. The van der Waals surface area contributed by atoms with E-state index in [2.05, 4.69) is 16.0 Å². The lowest BCUT2D eigenvalue weighted by Crippen LogP contribution is -2.34. The van der Waals surface area contributed by atoms with E-state index in [4.69, 9.17) is 10.1 Å². The number of methoxy groups -OCH3 is 1. The van der Waals surface area contributed by atoms with Gasteiger partial charge in [0.1, 0.15) is 17.6 Å². The average molecular weight is 480 g/mol. The first kappa shape index (κ1) is 25.6. The number of hydrogen-bond acceptors (Lipinski definition) is 9. The number of rotatable bonds is 11. The number of dihydropyridines is 1. The number of nitro benzene ring substituents is 1. The minimum atomic E-state index is -0.375. The van der Waals surface area contributed by atoms with Gasteiger partial charge in [-0.05, 0) is 39.2 Å². The molecule has 10 nitrogen and oxygen atoms in total. The third-order valence-corrected chi connectivity index (χ3v) is 5.59. The van der Waals surface area contributed by atoms with Crippen LogP contribution in [0.5, 0.6) is 5.75 Å². The van der Waals surface area contributed by atoms with Crippen LogP contribution >= 0.6 is 0 Å². The molecule has 2 aromatic rings. The molecule has 1 aliphatic rings. The van der Waals surface area contributed by atoms with E-state index in [1.807, 2.05) is 67.4 Å². The Kier molecular flexibility index (Phi) is 8.32. The highest BCUT2D eigenvalue weighted by atomic mass is 16.6. The summed E-state index contributed by atoms with van der Waals surface area (Å²) in [6, 6.07) is 10.8. The number of hydrogen-bond donors (Lipinski definition) is 4. The van der Waals surface area contributed by atoms with Crippen molar-refractivity contribution in [1.82, 2.24) is 10.2 Å². The second-order valence-corrected chi connectivity index (χ2v) is 8.56. The smallest absolute Gasteiger partial charge is 0.294 e. The zero-order valence-corrected chi connectivity index (χ0v) is 20.8. The predicted molar refractivity (Wildman–Crippen MR) is 142 cm³/mol. The topological polar surface area (TPSA) is 119 Å². The van der Waals surface area contributed by atoms with Crippen LogP contribution in [0.25, 0.3) is 0 Å². The molecule has 0 saturated carbocycles. The first-order valence-electron chi connectivity index (χ1n) is 11.2. The number of para-hydroxylation sites is 1. The van der Waals surface area contributed by atoms with Gasteiger partial charge in [-0.25, -0.2) is 0 Å². The lowest BCUT2D eigenvalue weighted by atomic mass is 10.1. The fraction of sp³-hybridized carbons (Fsp3) is 0.320. The number of allylic oxidation sites excluding steroid dienone is 1. The Hall–Kier alpha value is -4.05. The van der Waals surface area contributed by atoms with Crippen LogP contribution < -0.4 is 25.6 Å². The third kappa shape index (κ3) is 6.51. The molecule has 35 heavy (non-hydrogen) atoms. The van der Waals surface area contributed by atoms with E-state index >= 15 is 0 Å². The van der Waals surface area contributed by atoms with Crippen molar-refractivity contribution in [2.24, 2.45) is 0 Å². The van der Waals surface area contributed by atoms with Gasteiger partial charge < -0.3 is 35.9 Å². The third-order valence-electron chi connectivity index (χ3n) is 5.59. The Morgan fingerprint density at radius 2 is 1.94 bits per heavy atom. The normalized spacial score (nSPS) is 14.7. The van der Waals surface area contributed by atoms with E-state index in [0.29, 0.717) is 29.4 Å². The molecule has 3 rings (SSSR count). The summed E-state index contributed by atoms with van der Waals surface area (Å²) in [6.07, 6.45) is 5.26. The van der Waals surface area contributed by atoms with Gasteiger partial charge in [-0.15, -0.1) is 0 Å². The minimum Gasteiger partial charge on any atom is -0.495 e. The van der Waals surface area contributed by atoms with Crippen molar-refractivity contribution in [3.63, 3.8) is 0 Å². The van der Waals surface area contributed by atoms with Gasteiger partial charge in [0.05, 0.1) is 17.7 Å². The maximum absolute atomic E-state index is 11.9. The summed E-state index contributed by atoms with van der Waals surface area (Å²) in [5.74, 6) is 0.506.